The highest BCUT2D eigenvalue weighted by Crippen LogP contribution is 2.32. The average molecular weight is 376 g/mol. The molecule has 126 valence electrons. The lowest BCUT2D eigenvalue weighted by Gasteiger charge is -2.11. The molecule has 1 nitrogen and oxygen atoms in total. The summed E-state index contributed by atoms with van der Waals surface area (Å²) in [5, 5.41) is 2.48. The van der Waals surface area contributed by atoms with Crippen LogP contribution < -0.4 is 0 Å². The van der Waals surface area contributed by atoms with Gasteiger partial charge in [0.2, 0.25) is 0 Å². The molecule has 0 spiro atoms. The number of para-hydroxylation sites is 1. The standard InChI is InChI=1S/C23H15Cl2N/c24-20-10-4-1-8-17(20)15-19(18-9-3-5-11-21(18)25)23-14-13-16-7-2-6-12-22(16)26-23/h1-15H/b19-15+. The van der Waals surface area contributed by atoms with E-state index < -0.39 is 0 Å². The quantitative estimate of drug-likeness (QED) is 0.347. The summed E-state index contributed by atoms with van der Waals surface area (Å²) in [6.07, 6.45) is 2.04. The van der Waals surface area contributed by atoms with Gasteiger partial charge in [0.15, 0.2) is 0 Å². The summed E-state index contributed by atoms with van der Waals surface area (Å²) in [5.74, 6) is 0. The first-order valence-electron chi connectivity index (χ1n) is 8.30. The fourth-order valence-electron chi connectivity index (χ4n) is 2.93. The second-order valence-electron chi connectivity index (χ2n) is 5.95. The lowest BCUT2D eigenvalue weighted by molar-refractivity contribution is 1.34. The van der Waals surface area contributed by atoms with E-state index in [1.165, 1.54) is 0 Å². The lowest BCUT2D eigenvalue weighted by atomic mass is 9.98. The summed E-state index contributed by atoms with van der Waals surface area (Å²) in [5.41, 5.74) is 4.60. The monoisotopic (exact) mass is 375 g/mol. The molecule has 0 saturated heterocycles. The highest BCUT2D eigenvalue weighted by atomic mass is 35.5. The van der Waals surface area contributed by atoms with Crippen LogP contribution in [0.5, 0.6) is 0 Å². The molecule has 1 aromatic heterocycles. The number of aromatic nitrogens is 1. The normalized spacial score (nSPS) is 11.7. The van der Waals surface area contributed by atoms with Crippen molar-refractivity contribution in [3.63, 3.8) is 0 Å². The van der Waals surface area contributed by atoms with Crippen LogP contribution in [0, 0.1) is 0 Å². The minimum Gasteiger partial charge on any atom is -0.248 e. The van der Waals surface area contributed by atoms with Crippen LogP contribution in [0.3, 0.4) is 0 Å². The first-order chi connectivity index (χ1) is 12.7. The zero-order chi connectivity index (χ0) is 17.9. The number of pyridine rings is 1. The summed E-state index contributed by atoms with van der Waals surface area (Å²) in [4.78, 5) is 4.85. The van der Waals surface area contributed by atoms with Gasteiger partial charge in [0.1, 0.15) is 0 Å². The molecule has 3 aromatic carbocycles. The Bertz CT molecular complexity index is 1120. The van der Waals surface area contributed by atoms with Crippen molar-refractivity contribution in [1.82, 2.24) is 4.98 Å². The maximum Gasteiger partial charge on any atom is 0.0716 e. The first-order valence-corrected chi connectivity index (χ1v) is 9.05. The molecule has 4 aromatic rings. The highest BCUT2D eigenvalue weighted by molar-refractivity contribution is 6.33. The Morgan fingerprint density at radius 2 is 1.38 bits per heavy atom. The molecular weight excluding hydrogens is 361 g/mol. The number of halogens is 2. The molecule has 0 unspecified atom stereocenters. The Morgan fingerprint density at radius 1 is 0.692 bits per heavy atom. The molecule has 1 heterocycles. The van der Waals surface area contributed by atoms with Crippen molar-refractivity contribution in [2.24, 2.45) is 0 Å². The van der Waals surface area contributed by atoms with Crippen molar-refractivity contribution in [3.8, 4) is 0 Å². The predicted octanol–water partition coefficient (Wildman–Crippen LogP) is 7.13. The van der Waals surface area contributed by atoms with Crippen LogP contribution in [0.1, 0.15) is 16.8 Å². The topological polar surface area (TPSA) is 12.9 Å². The molecule has 0 fully saturated rings. The van der Waals surface area contributed by atoms with Gasteiger partial charge in [-0.3, -0.25) is 0 Å². The Hall–Kier alpha value is -2.61. The molecule has 0 aliphatic heterocycles. The molecule has 0 N–H and O–H groups in total. The third kappa shape index (κ3) is 3.37. The van der Waals surface area contributed by atoms with Gasteiger partial charge in [-0.1, -0.05) is 83.9 Å². The minimum absolute atomic E-state index is 0.681. The van der Waals surface area contributed by atoms with Gasteiger partial charge in [0.05, 0.1) is 11.2 Å². The van der Waals surface area contributed by atoms with Gasteiger partial charge in [-0.25, -0.2) is 4.98 Å². The van der Waals surface area contributed by atoms with E-state index in [-0.39, 0.29) is 0 Å². The summed E-state index contributed by atoms with van der Waals surface area (Å²) in [7, 11) is 0. The molecular formula is C23H15Cl2N. The van der Waals surface area contributed by atoms with Gasteiger partial charge < -0.3 is 0 Å². The molecule has 3 heteroatoms. The van der Waals surface area contributed by atoms with Crippen LogP contribution in [0.2, 0.25) is 10.0 Å². The average Bonchev–Trinajstić information content (AvgIpc) is 2.68. The van der Waals surface area contributed by atoms with Crippen molar-refractivity contribution < 1.29 is 0 Å². The van der Waals surface area contributed by atoms with Gasteiger partial charge in [-0.05, 0) is 35.9 Å². The third-order valence-corrected chi connectivity index (χ3v) is 4.92. The summed E-state index contributed by atoms with van der Waals surface area (Å²) in [6.45, 7) is 0. The molecule has 4 rings (SSSR count). The number of benzene rings is 3. The van der Waals surface area contributed by atoms with E-state index in [1.54, 1.807) is 0 Å². The third-order valence-electron chi connectivity index (χ3n) is 4.24. The summed E-state index contributed by atoms with van der Waals surface area (Å²) < 4.78 is 0. The van der Waals surface area contributed by atoms with E-state index >= 15 is 0 Å². The van der Waals surface area contributed by atoms with Crippen LogP contribution >= 0.6 is 23.2 Å². The Kier molecular flexibility index (Phi) is 4.75. The molecule has 0 bridgehead atoms. The molecule has 0 amide bonds. The second-order valence-corrected chi connectivity index (χ2v) is 6.76. The SMILES string of the molecule is Clc1ccccc1/C=C(/c1ccc2ccccc2n1)c1ccccc1Cl. The van der Waals surface area contributed by atoms with E-state index in [1.807, 2.05) is 78.9 Å². The van der Waals surface area contributed by atoms with Crippen molar-refractivity contribution >= 4 is 45.8 Å². The van der Waals surface area contributed by atoms with Crippen LogP contribution in [-0.4, -0.2) is 4.98 Å². The second kappa shape index (κ2) is 7.33. The Balaban J connectivity index is 1.95. The number of rotatable bonds is 3. The molecule has 0 saturated carbocycles. The number of hydrogen-bond donors (Lipinski definition) is 0. The molecule has 0 atom stereocenters. The largest absolute Gasteiger partial charge is 0.248 e. The number of fused-ring (bicyclic) bond motifs is 1. The lowest BCUT2D eigenvalue weighted by Crippen LogP contribution is -1.94. The smallest absolute Gasteiger partial charge is 0.0716 e. The molecule has 26 heavy (non-hydrogen) atoms. The predicted molar refractivity (Wildman–Crippen MR) is 112 cm³/mol. The van der Waals surface area contributed by atoms with Crippen LogP contribution in [-0.2, 0) is 0 Å². The number of hydrogen-bond acceptors (Lipinski definition) is 1. The highest BCUT2D eigenvalue weighted by Gasteiger charge is 2.12. The minimum atomic E-state index is 0.681. The molecule has 0 aliphatic carbocycles. The fourth-order valence-corrected chi connectivity index (χ4v) is 3.36. The zero-order valence-electron chi connectivity index (χ0n) is 13.9. The Labute approximate surface area is 162 Å². The van der Waals surface area contributed by atoms with Crippen molar-refractivity contribution in [3.05, 3.63) is 112 Å². The maximum atomic E-state index is 6.49. The zero-order valence-corrected chi connectivity index (χ0v) is 15.4. The van der Waals surface area contributed by atoms with Gasteiger partial charge in [-0.2, -0.15) is 0 Å². The molecule has 0 aliphatic rings. The van der Waals surface area contributed by atoms with Gasteiger partial charge in [0, 0.05) is 26.6 Å². The van der Waals surface area contributed by atoms with Crippen LogP contribution in [0.4, 0.5) is 0 Å². The van der Waals surface area contributed by atoms with Crippen molar-refractivity contribution in [1.29, 1.82) is 0 Å². The van der Waals surface area contributed by atoms with E-state index in [0.717, 1.165) is 33.3 Å². The van der Waals surface area contributed by atoms with Crippen LogP contribution in [0.25, 0.3) is 22.6 Å². The fraction of sp³-hybridized carbons (Fsp3) is 0. The van der Waals surface area contributed by atoms with Gasteiger partial charge >= 0.3 is 0 Å². The Morgan fingerprint density at radius 3 is 2.19 bits per heavy atom. The van der Waals surface area contributed by atoms with E-state index in [2.05, 4.69) is 12.1 Å². The van der Waals surface area contributed by atoms with E-state index in [4.69, 9.17) is 28.2 Å². The maximum absolute atomic E-state index is 6.49. The van der Waals surface area contributed by atoms with Crippen LogP contribution in [0.15, 0.2) is 84.9 Å². The summed E-state index contributed by atoms with van der Waals surface area (Å²) >= 11 is 12.9. The summed E-state index contributed by atoms with van der Waals surface area (Å²) in [6, 6.07) is 27.7. The van der Waals surface area contributed by atoms with Gasteiger partial charge in [0.25, 0.3) is 0 Å². The van der Waals surface area contributed by atoms with Gasteiger partial charge in [-0.15, -0.1) is 0 Å². The van der Waals surface area contributed by atoms with E-state index in [0.29, 0.717) is 10.0 Å². The van der Waals surface area contributed by atoms with Crippen molar-refractivity contribution in [2.45, 2.75) is 0 Å². The van der Waals surface area contributed by atoms with Crippen molar-refractivity contribution in [2.75, 3.05) is 0 Å². The van der Waals surface area contributed by atoms with E-state index in [9.17, 15) is 0 Å². The number of nitrogens with zero attached hydrogens (tertiary/aromatic N) is 1. The first kappa shape index (κ1) is 16.8. The molecule has 0 radical (unpaired) electrons.